The van der Waals surface area contributed by atoms with Gasteiger partial charge in [0.05, 0.1) is 0 Å². The van der Waals surface area contributed by atoms with Gasteiger partial charge in [-0.3, -0.25) is 0 Å². The third kappa shape index (κ3) is 3.40. The van der Waals surface area contributed by atoms with Crippen molar-refractivity contribution in [3.05, 3.63) is 96.1 Å². The van der Waals surface area contributed by atoms with Crippen molar-refractivity contribution in [2.45, 2.75) is 13.1 Å². The van der Waals surface area contributed by atoms with Crippen molar-refractivity contribution in [1.29, 1.82) is 0 Å². The van der Waals surface area contributed by atoms with Crippen molar-refractivity contribution in [3.63, 3.8) is 0 Å². The smallest absolute Gasteiger partial charge is 0.00101 e. The molecule has 104 valence electrons. The molecule has 1 heteroatoms. The maximum absolute atomic E-state index is 2.26. The van der Waals surface area contributed by atoms with Crippen molar-refractivity contribution < 1.29 is 0 Å². The first-order chi connectivity index (χ1) is 10.3. The quantitative estimate of drug-likeness (QED) is 0.615. The summed E-state index contributed by atoms with van der Waals surface area (Å²) >= 11 is 0. The molecule has 3 aromatic rings. The van der Waals surface area contributed by atoms with Crippen LogP contribution in [-0.4, -0.2) is 0 Å². The van der Waals surface area contributed by atoms with E-state index in [1.807, 2.05) is 0 Å². The number of benzene rings is 3. The van der Waals surface area contributed by atoms with Crippen molar-refractivity contribution in [2.24, 2.45) is 0 Å². The second-order valence-corrected chi connectivity index (χ2v) is 7.39. The highest BCUT2D eigenvalue weighted by Gasteiger charge is 2.14. The SMILES string of the molecule is Cc1ccccc1CP(c1ccccc1)c1ccccc1. The molecule has 3 rings (SSSR count). The van der Waals surface area contributed by atoms with E-state index in [0.29, 0.717) is 0 Å². The average Bonchev–Trinajstić information content (AvgIpc) is 2.56. The minimum atomic E-state index is -0.343. The summed E-state index contributed by atoms with van der Waals surface area (Å²) in [5.41, 5.74) is 2.84. The van der Waals surface area contributed by atoms with Gasteiger partial charge in [0.25, 0.3) is 0 Å². The average molecular weight is 290 g/mol. The van der Waals surface area contributed by atoms with Crippen LogP contribution in [0.15, 0.2) is 84.9 Å². The Morgan fingerprint density at radius 1 is 0.619 bits per heavy atom. The molecular weight excluding hydrogens is 271 g/mol. The topological polar surface area (TPSA) is 0 Å². The lowest BCUT2D eigenvalue weighted by molar-refractivity contribution is 1.30. The van der Waals surface area contributed by atoms with E-state index in [4.69, 9.17) is 0 Å². The van der Waals surface area contributed by atoms with Crippen molar-refractivity contribution in [3.8, 4) is 0 Å². The van der Waals surface area contributed by atoms with Gasteiger partial charge in [-0.1, -0.05) is 84.9 Å². The molecule has 0 radical (unpaired) electrons. The van der Waals surface area contributed by atoms with Crippen LogP contribution in [0.1, 0.15) is 11.1 Å². The van der Waals surface area contributed by atoms with Gasteiger partial charge in [-0.25, -0.2) is 0 Å². The first-order valence-electron chi connectivity index (χ1n) is 7.27. The highest BCUT2D eigenvalue weighted by molar-refractivity contribution is 7.72. The van der Waals surface area contributed by atoms with Crippen LogP contribution in [-0.2, 0) is 6.16 Å². The molecule has 3 aromatic carbocycles. The normalized spacial score (nSPS) is 10.8. The summed E-state index contributed by atoms with van der Waals surface area (Å²) in [5.74, 6) is 0. The highest BCUT2D eigenvalue weighted by Crippen LogP contribution is 2.38. The second-order valence-electron chi connectivity index (χ2n) is 5.18. The molecule has 0 atom stereocenters. The predicted molar refractivity (Wildman–Crippen MR) is 94.0 cm³/mol. The number of hydrogen-bond donors (Lipinski definition) is 0. The Kier molecular flexibility index (Phi) is 4.48. The Labute approximate surface area is 128 Å². The third-order valence-electron chi connectivity index (χ3n) is 3.73. The van der Waals surface area contributed by atoms with Gasteiger partial charge in [0.2, 0.25) is 0 Å². The molecule has 0 aliphatic carbocycles. The molecule has 0 saturated carbocycles. The van der Waals surface area contributed by atoms with Crippen molar-refractivity contribution >= 4 is 18.5 Å². The highest BCUT2D eigenvalue weighted by atomic mass is 31.1. The molecule has 21 heavy (non-hydrogen) atoms. The van der Waals surface area contributed by atoms with Crippen LogP contribution in [0.25, 0.3) is 0 Å². The van der Waals surface area contributed by atoms with Crippen molar-refractivity contribution in [2.75, 3.05) is 0 Å². The second kappa shape index (κ2) is 6.70. The lowest BCUT2D eigenvalue weighted by atomic mass is 10.1. The van der Waals surface area contributed by atoms with E-state index in [9.17, 15) is 0 Å². The van der Waals surface area contributed by atoms with Crippen LogP contribution in [0.4, 0.5) is 0 Å². The molecule has 0 heterocycles. The molecule has 0 amide bonds. The first-order valence-corrected chi connectivity index (χ1v) is 8.79. The van der Waals surface area contributed by atoms with E-state index >= 15 is 0 Å². The third-order valence-corrected chi connectivity index (χ3v) is 6.23. The summed E-state index contributed by atoms with van der Waals surface area (Å²) in [6.45, 7) is 2.21. The molecule has 0 fully saturated rings. The zero-order chi connectivity index (χ0) is 14.5. The van der Waals surface area contributed by atoms with E-state index in [-0.39, 0.29) is 7.92 Å². The number of aryl methyl sites for hydroxylation is 1. The Morgan fingerprint density at radius 3 is 1.62 bits per heavy atom. The van der Waals surface area contributed by atoms with Gasteiger partial charge in [0, 0.05) is 6.16 Å². The molecule has 0 aliphatic heterocycles. The zero-order valence-corrected chi connectivity index (χ0v) is 13.1. The monoisotopic (exact) mass is 290 g/mol. The summed E-state index contributed by atoms with van der Waals surface area (Å²) < 4.78 is 0. The van der Waals surface area contributed by atoms with E-state index in [2.05, 4.69) is 91.9 Å². The van der Waals surface area contributed by atoms with Crippen LogP contribution in [0.3, 0.4) is 0 Å². The van der Waals surface area contributed by atoms with Crippen LogP contribution in [0.5, 0.6) is 0 Å². The number of hydrogen-bond acceptors (Lipinski definition) is 0. The fourth-order valence-corrected chi connectivity index (χ4v) is 4.93. The van der Waals surface area contributed by atoms with E-state index in [0.717, 1.165) is 6.16 Å². The molecular formula is C20H19P. The van der Waals surface area contributed by atoms with Crippen molar-refractivity contribution in [1.82, 2.24) is 0 Å². The maximum Gasteiger partial charge on any atom is 0.00101 e. The summed E-state index contributed by atoms with van der Waals surface area (Å²) in [7, 11) is -0.343. The minimum Gasteiger partial charge on any atom is -0.0622 e. The summed E-state index contributed by atoms with van der Waals surface area (Å²) in [6.07, 6.45) is 1.11. The maximum atomic E-state index is 2.26. The van der Waals surface area contributed by atoms with Gasteiger partial charge < -0.3 is 0 Å². The minimum absolute atomic E-state index is 0.343. The standard InChI is InChI=1S/C20H19P/c1-17-10-8-9-11-18(17)16-21(19-12-4-2-5-13-19)20-14-6-3-7-15-20/h2-15H,16H2,1H3. The Hall–Kier alpha value is -1.91. The molecule has 0 N–H and O–H groups in total. The van der Waals surface area contributed by atoms with Crippen LogP contribution >= 0.6 is 7.92 Å². The summed E-state index contributed by atoms with van der Waals surface area (Å²) in [5, 5.41) is 2.89. The molecule has 0 saturated heterocycles. The van der Waals surface area contributed by atoms with Crippen LogP contribution < -0.4 is 10.6 Å². The predicted octanol–water partition coefficient (Wildman–Crippen LogP) is 4.63. The molecule has 0 unspecified atom stereocenters. The molecule has 0 bridgehead atoms. The largest absolute Gasteiger partial charge is 0.0622 e. The lowest BCUT2D eigenvalue weighted by Crippen LogP contribution is -2.13. The summed E-state index contributed by atoms with van der Waals surface area (Å²) in [4.78, 5) is 0. The number of rotatable bonds is 4. The Morgan fingerprint density at radius 2 is 1.10 bits per heavy atom. The van der Waals surface area contributed by atoms with E-state index in [1.54, 1.807) is 0 Å². The fourth-order valence-electron chi connectivity index (χ4n) is 2.51. The Bertz CT molecular complexity index is 650. The van der Waals surface area contributed by atoms with E-state index in [1.165, 1.54) is 21.7 Å². The van der Waals surface area contributed by atoms with Gasteiger partial charge in [0.1, 0.15) is 0 Å². The lowest BCUT2D eigenvalue weighted by Gasteiger charge is -2.20. The molecule has 0 spiro atoms. The van der Waals surface area contributed by atoms with E-state index < -0.39 is 0 Å². The first kappa shape index (κ1) is 14.0. The van der Waals surface area contributed by atoms with Gasteiger partial charge in [-0.2, -0.15) is 0 Å². The van der Waals surface area contributed by atoms with Crippen LogP contribution in [0, 0.1) is 6.92 Å². The van der Waals surface area contributed by atoms with Gasteiger partial charge in [-0.15, -0.1) is 0 Å². The molecule has 0 nitrogen and oxygen atoms in total. The van der Waals surface area contributed by atoms with Gasteiger partial charge in [0.15, 0.2) is 0 Å². The molecule has 0 aliphatic rings. The zero-order valence-electron chi connectivity index (χ0n) is 12.2. The van der Waals surface area contributed by atoms with Gasteiger partial charge >= 0.3 is 0 Å². The summed E-state index contributed by atoms with van der Waals surface area (Å²) in [6, 6.07) is 30.5. The molecule has 0 aromatic heterocycles. The fraction of sp³-hybridized carbons (Fsp3) is 0.100. The Balaban J connectivity index is 1.99. The van der Waals surface area contributed by atoms with Gasteiger partial charge in [-0.05, 0) is 36.6 Å². The van der Waals surface area contributed by atoms with Crippen LogP contribution in [0.2, 0.25) is 0 Å².